The number of nitrogens with zero attached hydrogens (tertiary/aromatic N) is 5. The molecular weight excluding hydrogens is 493 g/mol. The maximum atomic E-state index is 10.7. The molecule has 0 unspecified atom stereocenters. The summed E-state index contributed by atoms with van der Waals surface area (Å²) in [5.74, 6) is 2.46. The van der Waals surface area contributed by atoms with Gasteiger partial charge in [0.2, 0.25) is 5.89 Å². The molecule has 0 spiro atoms. The molecule has 0 aliphatic heterocycles. The van der Waals surface area contributed by atoms with Crippen LogP contribution in [0.1, 0.15) is 11.7 Å². The first kappa shape index (κ1) is 19.1. The number of rotatable bonds is 8. The smallest absolute Gasteiger partial charge is 0.306 e. The van der Waals surface area contributed by atoms with Crippen molar-refractivity contribution in [2.24, 2.45) is 0 Å². The van der Waals surface area contributed by atoms with E-state index in [0.29, 0.717) is 30.4 Å². The van der Waals surface area contributed by atoms with Crippen molar-refractivity contribution in [1.29, 1.82) is 0 Å². The van der Waals surface area contributed by atoms with Crippen molar-refractivity contribution in [3.63, 3.8) is 0 Å². The van der Waals surface area contributed by atoms with Crippen LogP contribution in [0.5, 0.6) is 5.75 Å². The SMILES string of the molecule is O=[N+]([O-])c1cnn(CCc2nnc(-c3ccc(COc4ccc(I)cc4)o3)o2)c1. The average molecular weight is 507 g/mol. The van der Waals surface area contributed by atoms with E-state index in [0.717, 1.165) is 9.32 Å². The van der Waals surface area contributed by atoms with E-state index in [4.69, 9.17) is 13.6 Å². The Morgan fingerprint density at radius 1 is 1.14 bits per heavy atom. The lowest BCUT2D eigenvalue weighted by Crippen LogP contribution is -2.01. The molecule has 11 heteroatoms. The zero-order valence-electron chi connectivity index (χ0n) is 14.9. The maximum absolute atomic E-state index is 10.7. The van der Waals surface area contributed by atoms with Gasteiger partial charge in [-0.05, 0) is 59.0 Å². The van der Waals surface area contributed by atoms with Crippen LogP contribution in [-0.4, -0.2) is 24.9 Å². The van der Waals surface area contributed by atoms with Gasteiger partial charge in [-0.1, -0.05) is 0 Å². The molecule has 148 valence electrons. The molecule has 0 saturated carbocycles. The topological polar surface area (TPSA) is 122 Å². The van der Waals surface area contributed by atoms with E-state index in [-0.39, 0.29) is 18.2 Å². The first-order chi connectivity index (χ1) is 14.1. The van der Waals surface area contributed by atoms with Gasteiger partial charge in [0, 0.05) is 16.5 Å². The highest BCUT2D eigenvalue weighted by molar-refractivity contribution is 14.1. The number of benzene rings is 1. The highest BCUT2D eigenvalue weighted by Crippen LogP contribution is 2.23. The first-order valence-corrected chi connectivity index (χ1v) is 9.61. The summed E-state index contributed by atoms with van der Waals surface area (Å²) in [6, 6.07) is 11.2. The number of aryl methyl sites for hydroxylation is 2. The van der Waals surface area contributed by atoms with Crippen LogP contribution in [0.25, 0.3) is 11.7 Å². The second-order valence-corrected chi connectivity index (χ2v) is 7.22. The molecule has 0 bridgehead atoms. The lowest BCUT2D eigenvalue weighted by Gasteiger charge is -2.03. The molecule has 0 saturated heterocycles. The molecule has 0 N–H and O–H groups in total. The Kier molecular flexibility index (Phi) is 5.55. The summed E-state index contributed by atoms with van der Waals surface area (Å²) in [7, 11) is 0. The van der Waals surface area contributed by atoms with Gasteiger partial charge in [-0.25, -0.2) is 0 Å². The number of furan rings is 1. The van der Waals surface area contributed by atoms with Crippen molar-refractivity contribution in [2.45, 2.75) is 19.6 Å². The molecule has 4 rings (SSSR count). The van der Waals surface area contributed by atoms with Crippen molar-refractivity contribution in [1.82, 2.24) is 20.0 Å². The third-order valence-corrected chi connectivity index (χ3v) is 4.64. The molecule has 0 amide bonds. The molecular formula is C18H14IN5O5. The molecule has 0 fully saturated rings. The molecule has 0 aliphatic rings. The van der Waals surface area contributed by atoms with E-state index < -0.39 is 4.92 Å². The van der Waals surface area contributed by atoms with E-state index in [1.54, 1.807) is 12.1 Å². The van der Waals surface area contributed by atoms with Gasteiger partial charge in [0.1, 0.15) is 30.5 Å². The van der Waals surface area contributed by atoms with Crippen molar-refractivity contribution in [3.05, 3.63) is 74.1 Å². The average Bonchev–Trinajstić information content (AvgIpc) is 3.45. The minimum atomic E-state index is -0.495. The fourth-order valence-corrected chi connectivity index (χ4v) is 2.85. The molecule has 10 nitrogen and oxygen atoms in total. The summed E-state index contributed by atoms with van der Waals surface area (Å²) in [4.78, 5) is 10.2. The third kappa shape index (κ3) is 4.80. The van der Waals surface area contributed by atoms with Crippen molar-refractivity contribution < 1.29 is 18.5 Å². The third-order valence-electron chi connectivity index (χ3n) is 3.92. The molecule has 4 aromatic rings. The minimum absolute atomic E-state index is 0.0632. The predicted molar refractivity (Wildman–Crippen MR) is 108 cm³/mol. The molecule has 0 atom stereocenters. The van der Waals surface area contributed by atoms with Crippen LogP contribution >= 0.6 is 22.6 Å². The lowest BCUT2D eigenvalue weighted by molar-refractivity contribution is -0.385. The second-order valence-electron chi connectivity index (χ2n) is 5.98. The fourth-order valence-electron chi connectivity index (χ4n) is 2.49. The van der Waals surface area contributed by atoms with Crippen LogP contribution in [0.4, 0.5) is 5.69 Å². The molecule has 0 aliphatic carbocycles. The zero-order valence-corrected chi connectivity index (χ0v) is 17.1. The van der Waals surface area contributed by atoms with Crippen LogP contribution in [0, 0.1) is 13.7 Å². The number of hydrogen-bond acceptors (Lipinski definition) is 8. The Balaban J connectivity index is 1.34. The van der Waals surface area contributed by atoms with Gasteiger partial charge in [0.25, 0.3) is 5.89 Å². The molecule has 29 heavy (non-hydrogen) atoms. The Morgan fingerprint density at radius 3 is 2.72 bits per heavy atom. The zero-order chi connectivity index (χ0) is 20.2. The Morgan fingerprint density at radius 2 is 1.97 bits per heavy atom. The van der Waals surface area contributed by atoms with Crippen LogP contribution in [-0.2, 0) is 19.6 Å². The van der Waals surface area contributed by atoms with Gasteiger partial charge in [0.15, 0.2) is 5.76 Å². The first-order valence-electron chi connectivity index (χ1n) is 8.53. The fraction of sp³-hybridized carbons (Fsp3) is 0.167. The van der Waals surface area contributed by atoms with E-state index >= 15 is 0 Å². The summed E-state index contributed by atoms with van der Waals surface area (Å²) in [6.45, 7) is 0.655. The molecule has 0 radical (unpaired) electrons. The van der Waals surface area contributed by atoms with Crippen LogP contribution in [0.2, 0.25) is 0 Å². The summed E-state index contributed by atoms with van der Waals surface area (Å²) in [5.41, 5.74) is -0.0632. The summed E-state index contributed by atoms with van der Waals surface area (Å²) in [5, 5.41) is 22.6. The van der Waals surface area contributed by atoms with E-state index in [1.807, 2.05) is 24.3 Å². The largest absolute Gasteiger partial charge is 0.486 e. The molecule has 1 aromatic carbocycles. The van der Waals surface area contributed by atoms with E-state index in [9.17, 15) is 10.1 Å². The van der Waals surface area contributed by atoms with E-state index in [1.165, 1.54) is 17.1 Å². The van der Waals surface area contributed by atoms with Crippen LogP contribution < -0.4 is 4.74 Å². The summed E-state index contributed by atoms with van der Waals surface area (Å²) >= 11 is 2.23. The standard InChI is InChI=1S/C18H14IN5O5/c19-12-1-3-14(4-2-12)27-11-15-5-6-16(28-15)18-22-21-17(29-18)7-8-23-10-13(9-20-23)24(25)26/h1-6,9-10H,7-8,11H2. The monoisotopic (exact) mass is 507 g/mol. The normalized spacial score (nSPS) is 10.9. The van der Waals surface area contributed by atoms with Gasteiger partial charge >= 0.3 is 5.69 Å². The molecule has 3 aromatic heterocycles. The number of halogens is 1. The van der Waals surface area contributed by atoms with Crippen LogP contribution in [0.3, 0.4) is 0 Å². The Hall–Kier alpha value is -3.22. The highest BCUT2D eigenvalue weighted by atomic mass is 127. The van der Waals surface area contributed by atoms with Gasteiger partial charge in [-0.3, -0.25) is 14.8 Å². The summed E-state index contributed by atoms with van der Waals surface area (Å²) in [6.07, 6.45) is 2.93. The van der Waals surface area contributed by atoms with Crippen molar-refractivity contribution in [2.75, 3.05) is 0 Å². The predicted octanol–water partition coefficient (Wildman–Crippen LogP) is 3.86. The Labute approximate surface area is 177 Å². The minimum Gasteiger partial charge on any atom is -0.486 e. The van der Waals surface area contributed by atoms with Gasteiger partial charge in [-0.15, -0.1) is 10.2 Å². The van der Waals surface area contributed by atoms with Gasteiger partial charge in [-0.2, -0.15) is 5.10 Å². The van der Waals surface area contributed by atoms with Gasteiger partial charge in [0.05, 0.1) is 4.92 Å². The van der Waals surface area contributed by atoms with Crippen LogP contribution in [0.15, 0.2) is 57.6 Å². The lowest BCUT2D eigenvalue weighted by atomic mass is 10.3. The second kappa shape index (κ2) is 8.43. The number of ether oxygens (including phenoxy) is 1. The van der Waals surface area contributed by atoms with Crippen molar-refractivity contribution in [3.8, 4) is 17.4 Å². The maximum Gasteiger partial charge on any atom is 0.306 e. The number of aromatic nitrogens is 4. The van der Waals surface area contributed by atoms with Crippen molar-refractivity contribution >= 4 is 28.3 Å². The van der Waals surface area contributed by atoms with Gasteiger partial charge < -0.3 is 13.6 Å². The highest BCUT2D eigenvalue weighted by Gasteiger charge is 2.14. The quantitative estimate of drug-likeness (QED) is 0.200. The number of nitro groups is 1. The van der Waals surface area contributed by atoms with E-state index in [2.05, 4.69) is 37.9 Å². The Bertz CT molecular complexity index is 1120. The number of hydrogen-bond donors (Lipinski definition) is 0. The summed E-state index contributed by atoms with van der Waals surface area (Å²) < 4.78 is 19.6. The molecule has 3 heterocycles.